The molecule has 0 aliphatic heterocycles. The van der Waals surface area contributed by atoms with Gasteiger partial charge in [-0.05, 0) is 42.0 Å². The molecule has 0 saturated heterocycles. The third-order valence-electron chi connectivity index (χ3n) is 2.92. The van der Waals surface area contributed by atoms with Crippen LogP contribution in [0.3, 0.4) is 0 Å². The Labute approximate surface area is 123 Å². The van der Waals surface area contributed by atoms with E-state index < -0.39 is 10.0 Å². The minimum absolute atomic E-state index is 0.134. The number of ether oxygens (including phenoxy) is 1. The average Bonchev–Trinajstić information content (AvgIpc) is 2.53. The van der Waals surface area contributed by atoms with E-state index in [-0.39, 0.29) is 11.4 Å². The Morgan fingerprint density at radius 2 is 1.71 bits per heavy atom. The number of sulfonamides is 1. The predicted molar refractivity (Wildman–Crippen MR) is 78.2 cm³/mol. The second kappa shape index (κ2) is 6.39. The standard InChI is InChI=1S/C15H14N2O3S/c1-20-14-6-2-13(3-7-14)11-17-21(18,19)15-8-4-12(10-16)5-9-15/h2-9,17H,11H2,1H3. The van der Waals surface area contributed by atoms with Crippen molar-refractivity contribution in [2.24, 2.45) is 0 Å². The lowest BCUT2D eigenvalue weighted by molar-refractivity contribution is 0.414. The number of rotatable bonds is 5. The van der Waals surface area contributed by atoms with Crippen molar-refractivity contribution in [3.8, 4) is 11.8 Å². The number of nitrogens with zero attached hydrogens (tertiary/aromatic N) is 1. The van der Waals surface area contributed by atoms with Crippen LogP contribution in [0.4, 0.5) is 0 Å². The minimum Gasteiger partial charge on any atom is -0.497 e. The zero-order valence-corrected chi connectivity index (χ0v) is 12.2. The van der Waals surface area contributed by atoms with Crippen LogP contribution in [0, 0.1) is 11.3 Å². The summed E-state index contributed by atoms with van der Waals surface area (Å²) in [7, 11) is -2.02. The summed E-state index contributed by atoms with van der Waals surface area (Å²) in [5.41, 5.74) is 1.25. The molecular formula is C15H14N2O3S. The Morgan fingerprint density at radius 1 is 1.10 bits per heavy atom. The number of nitriles is 1. The van der Waals surface area contributed by atoms with E-state index in [1.165, 1.54) is 24.3 Å². The molecule has 2 rings (SSSR count). The fourth-order valence-electron chi connectivity index (χ4n) is 1.71. The molecule has 0 aliphatic carbocycles. The Bertz CT molecular complexity index is 745. The summed E-state index contributed by atoms with van der Waals surface area (Å²) in [5, 5.41) is 8.70. The van der Waals surface area contributed by atoms with E-state index in [0.717, 1.165) is 5.56 Å². The van der Waals surface area contributed by atoms with Crippen molar-refractivity contribution >= 4 is 10.0 Å². The first-order valence-electron chi connectivity index (χ1n) is 6.18. The highest BCUT2D eigenvalue weighted by atomic mass is 32.2. The summed E-state index contributed by atoms with van der Waals surface area (Å²) in [6, 6.07) is 14.8. The third-order valence-corrected chi connectivity index (χ3v) is 4.34. The lowest BCUT2D eigenvalue weighted by atomic mass is 10.2. The van der Waals surface area contributed by atoms with Gasteiger partial charge in [0.25, 0.3) is 0 Å². The molecule has 0 unspecified atom stereocenters. The van der Waals surface area contributed by atoms with Crippen molar-refractivity contribution in [3.63, 3.8) is 0 Å². The monoisotopic (exact) mass is 302 g/mol. The smallest absolute Gasteiger partial charge is 0.240 e. The first-order valence-corrected chi connectivity index (χ1v) is 7.66. The van der Waals surface area contributed by atoms with Gasteiger partial charge < -0.3 is 4.74 Å². The van der Waals surface area contributed by atoms with Crippen LogP contribution < -0.4 is 9.46 Å². The maximum atomic E-state index is 12.1. The lowest BCUT2D eigenvalue weighted by Crippen LogP contribution is -2.23. The Balaban J connectivity index is 2.08. The van der Waals surface area contributed by atoms with Crippen molar-refractivity contribution in [1.29, 1.82) is 5.26 Å². The van der Waals surface area contributed by atoms with E-state index in [9.17, 15) is 8.42 Å². The zero-order valence-electron chi connectivity index (χ0n) is 11.4. The SMILES string of the molecule is COc1ccc(CNS(=O)(=O)c2ccc(C#N)cc2)cc1. The summed E-state index contributed by atoms with van der Waals surface area (Å²) in [4.78, 5) is 0.134. The molecule has 0 radical (unpaired) electrons. The van der Waals surface area contributed by atoms with Gasteiger partial charge in [0.15, 0.2) is 0 Å². The average molecular weight is 302 g/mol. The minimum atomic E-state index is -3.59. The van der Waals surface area contributed by atoms with E-state index in [1.54, 1.807) is 31.4 Å². The predicted octanol–water partition coefficient (Wildman–Crippen LogP) is 2.05. The Hall–Kier alpha value is -2.36. The second-order valence-electron chi connectivity index (χ2n) is 4.31. The maximum Gasteiger partial charge on any atom is 0.240 e. The summed E-state index contributed by atoms with van der Waals surface area (Å²) in [5.74, 6) is 0.716. The van der Waals surface area contributed by atoms with E-state index in [1.807, 2.05) is 6.07 Å². The molecule has 108 valence electrons. The molecule has 0 aliphatic rings. The molecule has 6 heteroatoms. The lowest BCUT2D eigenvalue weighted by Gasteiger charge is -2.07. The first-order chi connectivity index (χ1) is 10.0. The van der Waals surface area contributed by atoms with Gasteiger partial charge in [0.1, 0.15) is 5.75 Å². The van der Waals surface area contributed by atoms with Gasteiger partial charge in [0.05, 0.1) is 23.6 Å². The molecule has 0 atom stereocenters. The highest BCUT2D eigenvalue weighted by Gasteiger charge is 2.13. The van der Waals surface area contributed by atoms with Gasteiger partial charge in [0, 0.05) is 6.54 Å². The summed E-state index contributed by atoms with van der Waals surface area (Å²) in [6.07, 6.45) is 0. The molecule has 0 bridgehead atoms. The van der Waals surface area contributed by atoms with Crippen LogP contribution in [0.5, 0.6) is 5.75 Å². The summed E-state index contributed by atoms with van der Waals surface area (Å²) < 4.78 is 31.8. The molecule has 5 nitrogen and oxygen atoms in total. The molecule has 2 aromatic carbocycles. The van der Waals surface area contributed by atoms with Gasteiger partial charge in [-0.1, -0.05) is 12.1 Å². The first kappa shape index (κ1) is 15.0. The topological polar surface area (TPSA) is 79.2 Å². The molecule has 0 aromatic heterocycles. The molecule has 1 N–H and O–H groups in total. The van der Waals surface area contributed by atoms with Crippen LogP contribution in [-0.4, -0.2) is 15.5 Å². The van der Waals surface area contributed by atoms with E-state index in [0.29, 0.717) is 11.3 Å². The fraction of sp³-hybridized carbons (Fsp3) is 0.133. The van der Waals surface area contributed by atoms with Crippen LogP contribution in [0.2, 0.25) is 0 Å². The molecule has 0 spiro atoms. The Kier molecular flexibility index (Phi) is 4.58. The van der Waals surface area contributed by atoms with Crippen molar-refractivity contribution in [2.45, 2.75) is 11.4 Å². The van der Waals surface area contributed by atoms with Gasteiger partial charge in [-0.3, -0.25) is 0 Å². The third kappa shape index (κ3) is 3.81. The van der Waals surface area contributed by atoms with Crippen LogP contribution in [-0.2, 0) is 16.6 Å². The molecule has 21 heavy (non-hydrogen) atoms. The number of benzene rings is 2. The Morgan fingerprint density at radius 3 is 2.24 bits per heavy atom. The van der Waals surface area contributed by atoms with Crippen LogP contribution in [0.15, 0.2) is 53.4 Å². The zero-order chi connectivity index (χ0) is 15.3. The van der Waals surface area contributed by atoms with Crippen molar-refractivity contribution in [1.82, 2.24) is 4.72 Å². The van der Waals surface area contributed by atoms with Crippen molar-refractivity contribution in [2.75, 3.05) is 7.11 Å². The van der Waals surface area contributed by atoms with Gasteiger partial charge in [-0.25, -0.2) is 13.1 Å². The second-order valence-corrected chi connectivity index (χ2v) is 6.08. The quantitative estimate of drug-likeness (QED) is 0.916. The number of nitrogens with one attached hydrogen (secondary N) is 1. The normalized spacial score (nSPS) is 10.9. The van der Waals surface area contributed by atoms with Crippen LogP contribution in [0.25, 0.3) is 0 Å². The maximum absolute atomic E-state index is 12.1. The van der Waals surface area contributed by atoms with Crippen molar-refractivity contribution < 1.29 is 13.2 Å². The number of methoxy groups -OCH3 is 1. The van der Waals surface area contributed by atoms with Crippen molar-refractivity contribution in [3.05, 3.63) is 59.7 Å². The molecule has 0 fully saturated rings. The van der Waals surface area contributed by atoms with Crippen LogP contribution in [0.1, 0.15) is 11.1 Å². The van der Waals surface area contributed by atoms with Gasteiger partial charge in [-0.2, -0.15) is 5.26 Å². The van der Waals surface area contributed by atoms with E-state index in [2.05, 4.69) is 4.72 Å². The number of hydrogen-bond donors (Lipinski definition) is 1. The highest BCUT2D eigenvalue weighted by molar-refractivity contribution is 7.89. The molecule has 0 heterocycles. The van der Waals surface area contributed by atoms with Gasteiger partial charge in [-0.15, -0.1) is 0 Å². The molecular weight excluding hydrogens is 288 g/mol. The summed E-state index contributed by atoms with van der Waals surface area (Å²) in [6.45, 7) is 0.187. The molecule has 0 amide bonds. The van der Waals surface area contributed by atoms with Gasteiger partial charge >= 0.3 is 0 Å². The van der Waals surface area contributed by atoms with E-state index in [4.69, 9.17) is 10.00 Å². The van der Waals surface area contributed by atoms with Crippen LogP contribution >= 0.6 is 0 Å². The fourth-order valence-corrected chi connectivity index (χ4v) is 2.73. The largest absolute Gasteiger partial charge is 0.497 e. The highest BCUT2D eigenvalue weighted by Crippen LogP contribution is 2.13. The summed E-state index contributed by atoms with van der Waals surface area (Å²) >= 11 is 0. The van der Waals surface area contributed by atoms with E-state index >= 15 is 0 Å². The number of hydrogen-bond acceptors (Lipinski definition) is 4. The molecule has 2 aromatic rings. The van der Waals surface area contributed by atoms with Gasteiger partial charge in [0.2, 0.25) is 10.0 Å². The molecule has 0 saturated carbocycles.